The van der Waals surface area contributed by atoms with Crippen LogP contribution in [0.25, 0.3) is 0 Å². The molecule has 20 heavy (non-hydrogen) atoms. The van der Waals surface area contributed by atoms with Gasteiger partial charge in [0.05, 0.1) is 24.3 Å². The first-order valence-corrected chi connectivity index (χ1v) is 6.18. The summed E-state index contributed by atoms with van der Waals surface area (Å²) in [4.78, 5) is 33.7. The highest BCUT2D eigenvalue weighted by Crippen LogP contribution is 2.12. The van der Waals surface area contributed by atoms with Gasteiger partial charge in [-0.05, 0) is 18.6 Å². The van der Waals surface area contributed by atoms with E-state index in [2.05, 4.69) is 0 Å². The lowest BCUT2D eigenvalue weighted by molar-refractivity contribution is -0.108. The van der Waals surface area contributed by atoms with Gasteiger partial charge in [-0.1, -0.05) is 12.1 Å². The van der Waals surface area contributed by atoms with Crippen molar-refractivity contribution in [3.05, 3.63) is 35.4 Å². The fraction of sp³-hybridized carbons (Fsp3) is 0.357. The van der Waals surface area contributed by atoms with E-state index in [1.54, 1.807) is 12.1 Å². The van der Waals surface area contributed by atoms with Crippen molar-refractivity contribution in [1.82, 2.24) is 0 Å². The minimum atomic E-state index is -0.695. The zero-order valence-corrected chi connectivity index (χ0v) is 10.9. The van der Waals surface area contributed by atoms with Crippen LogP contribution in [0, 0.1) is 0 Å². The maximum Gasteiger partial charge on any atom is 0.339 e. The van der Waals surface area contributed by atoms with Crippen LogP contribution in [-0.4, -0.2) is 43.2 Å². The lowest BCUT2D eigenvalue weighted by Crippen LogP contribution is -2.15. The minimum absolute atomic E-state index is 0.0846. The van der Waals surface area contributed by atoms with E-state index in [1.807, 2.05) is 0 Å². The molecule has 0 amide bonds. The predicted molar refractivity (Wildman–Crippen MR) is 69.4 cm³/mol. The number of rotatable bonds is 8. The maximum absolute atomic E-state index is 11.8. The number of carbonyl (C=O) groups excluding carboxylic acids is 3. The molecule has 1 aromatic carbocycles. The van der Waals surface area contributed by atoms with E-state index in [4.69, 9.17) is 14.6 Å². The summed E-state index contributed by atoms with van der Waals surface area (Å²) >= 11 is 0. The summed E-state index contributed by atoms with van der Waals surface area (Å²) in [7, 11) is 0. The molecule has 0 aromatic heterocycles. The SMILES string of the molecule is O=CCCCOC(=O)c1ccccc1C(=O)OCCO. The molecule has 0 aliphatic carbocycles. The summed E-state index contributed by atoms with van der Waals surface area (Å²) in [6.45, 7) is -0.316. The van der Waals surface area contributed by atoms with Crippen LogP contribution in [0.2, 0.25) is 0 Å². The van der Waals surface area contributed by atoms with Gasteiger partial charge < -0.3 is 19.4 Å². The zero-order chi connectivity index (χ0) is 14.8. The van der Waals surface area contributed by atoms with Gasteiger partial charge in [0.15, 0.2) is 0 Å². The molecule has 0 aliphatic rings. The summed E-state index contributed by atoms with van der Waals surface area (Å²) in [5.74, 6) is -1.34. The second-order valence-corrected chi connectivity index (χ2v) is 3.85. The molecule has 0 atom stereocenters. The zero-order valence-electron chi connectivity index (χ0n) is 10.9. The molecule has 1 rings (SSSR count). The van der Waals surface area contributed by atoms with Gasteiger partial charge in [0.2, 0.25) is 0 Å². The Bertz CT molecular complexity index is 468. The van der Waals surface area contributed by atoms with Crippen molar-refractivity contribution in [3.63, 3.8) is 0 Å². The van der Waals surface area contributed by atoms with Crippen LogP contribution < -0.4 is 0 Å². The largest absolute Gasteiger partial charge is 0.462 e. The van der Waals surface area contributed by atoms with Gasteiger partial charge in [0.1, 0.15) is 12.9 Å². The van der Waals surface area contributed by atoms with E-state index in [-0.39, 0.29) is 30.9 Å². The summed E-state index contributed by atoms with van der Waals surface area (Å²) in [6.07, 6.45) is 1.49. The highest BCUT2D eigenvalue weighted by Gasteiger charge is 2.18. The molecule has 0 aliphatic heterocycles. The number of hydrogen-bond donors (Lipinski definition) is 1. The smallest absolute Gasteiger partial charge is 0.339 e. The van der Waals surface area contributed by atoms with E-state index in [9.17, 15) is 14.4 Å². The molecule has 0 saturated heterocycles. The molecule has 0 radical (unpaired) electrons. The standard InChI is InChI=1S/C14H16O6/c15-7-3-4-9-19-13(17)11-5-1-2-6-12(11)14(18)20-10-8-16/h1-2,5-7,16H,3-4,8-10H2. The lowest BCUT2D eigenvalue weighted by Gasteiger charge is -2.08. The van der Waals surface area contributed by atoms with Crippen molar-refractivity contribution in [2.24, 2.45) is 0 Å². The summed E-state index contributed by atoms with van der Waals surface area (Å²) in [5, 5.41) is 8.61. The molecular formula is C14H16O6. The molecule has 0 bridgehead atoms. The number of carbonyl (C=O) groups is 3. The Morgan fingerprint density at radius 2 is 1.60 bits per heavy atom. The van der Waals surface area contributed by atoms with E-state index in [1.165, 1.54) is 12.1 Å². The van der Waals surface area contributed by atoms with Crippen molar-refractivity contribution in [1.29, 1.82) is 0 Å². The van der Waals surface area contributed by atoms with Gasteiger partial charge in [-0.25, -0.2) is 9.59 Å². The third kappa shape index (κ3) is 4.81. The Morgan fingerprint density at radius 1 is 1.05 bits per heavy atom. The number of esters is 2. The second-order valence-electron chi connectivity index (χ2n) is 3.85. The van der Waals surface area contributed by atoms with Gasteiger partial charge in [-0.2, -0.15) is 0 Å². The van der Waals surface area contributed by atoms with Gasteiger partial charge in [0, 0.05) is 6.42 Å². The first-order chi connectivity index (χ1) is 9.70. The Morgan fingerprint density at radius 3 is 2.10 bits per heavy atom. The topological polar surface area (TPSA) is 89.9 Å². The molecule has 0 heterocycles. The molecule has 6 nitrogen and oxygen atoms in total. The Labute approximate surface area is 116 Å². The van der Waals surface area contributed by atoms with Crippen LogP contribution in [0.4, 0.5) is 0 Å². The molecule has 108 valence electrons. The minimum Gasteiger partial charge on any atom is -0.462 e. The van der Waals surface area contributed by atoms with Crippen LogP contribution in [0.3, 0.4) is 0 Å². The molecular weight excluding hydrogens is 264 g/mol. The van der Waals surface area contributed by atoms with Crippen molar-refractivity contribution in [2.45, 2.75) is 12.8 Å². The number of benzene rings is 1. The quantitative estimate of drug-likeness (QED) is 0.433. The first-order valence-electron chi connectivity index (χ1n) is 6.18. The fourth-order valence-corrected chi connectivity index (χ4v) is 1.46. The third-order valence-corrected chi connectivity index (χ3v) is 2.39. The van der Waals surface area contributed by atoms with E-state index >= 15 is 0 Å². The predicted octanol–water partition coefficient (Wildman–Crippen LogP) is 0.972. The number of aldehydes is 1. The van der Waals surface area contributed by atoms with Crippen molar-refractivity contribution in [2.75, 3.05) is 19.8 Å². The van der Waals surface area contributed by atoms with Gasteiger partial charge in [-0.3, -0.25) is 0 Å². The number of ether oxygens (including phenoxy) is 2. The molecule has 0 saturated carbocycles. The van der Waals surface area contributed by atoms with E-state index < -0.39 is 11.9 Å². The average molecular weight is 280 g/mol. The monoisotopic (exact) mass is 280 g/mol. The third-order valence-electron chi connectivity index (χ3n) is 2.39. The van der Waals surface area contributed by atoms with Crippen LogP contribution in [0.15, 0.2) is 24.3 Å². The maximum atomic E-state index is 11.8. The van der Waals surface area contributed by atoms with E-state index in [0.29, 0.717) is 12.8 Å². The summed E-state index contributed by atoms with van der Waals surface area (Å²) < 4.78 is 9.74. The Balaban J connectivity index is 2.71. The number of unbranched alkanes of at least 4 members (excludes halogenated alkanes) is 1. The average Bonchev–Trinajstić information content (AvgIpc) is 2.49. The second kappa shape index (κ2) is 8.82. The highest BCUT2D eigenvalue weighted by atomic mass is 16.5. The van der Waals surface area contributed by atoms with Gasteiger partial charge >= 0.3 is 11.9 Å². The number of aliphatic hydroxyl groups excluding tert-OH is 1. The van der Waals surface area contributed by atoms with E-state index in [0.717, 1.165) is 6.29 Å². The summed E-state index contributed by atoms with van der Waals surface area (Å²) in [5.41, 5.74) is 0.183. The van der Waals surface area contributed by atoms with Crippen LogP contribution in [0.5, 0.6) is 0 Å². The van der Waals surface area contributed by atoms with Crippen molar-refractivity contribution < 1.29 is 29.0 Å². The Hall–Kier alpha value is -2.21. The first kappa shape index (κ1) is 15.8. The van der Waals surface area contributed by atoms with Crippen molar-refractivity contribution in [3.8, 4) is 0 Å². The van der Waals surface area contributed by atoms with Crippen LogP contribution in [0.1, 0.15) is 33.6 Å². The van der Waals surface area contributed by atoms with Gasteiger partial charge in [-0.15, -0.1) is 0 Å². The summed E-state index contributed by atoms with van der Waals surface area (Å²) in [6, 6.07) is 6.10. The van der Waals surface area contributed by atoms with Crippen LogP contribution in [-0.2, 0) is 14.3 Å². The molecule has 1 aromatic rings. The molecule has 1 N–H and O–H groups in total. The normalized spacial score (nSPS) is 9.85. The molecule has 0 spiro atoms. The van der Waals surface area contributed by atoms with Crippen molar-refractivity contribution >= 4 is 18.2 Å². The Kier molecular flexibility index (Phi) is 6.99. The highest BCUT2D eigenvalue weighted by molar-refractivity contribution is 6.03. The lowest BCUT2D eigenvalue weighted by atomic mass is 10.1. The number of aliphatic hydroxyl groups is 1. The van der Waals surface area contributed by atoms with Gasteiger partial charge in [0.25, 0.3) is 0 Å². The van der Waals surface area contributed by atoms with Crippen LogP contribution >= 0.6 is 0 Å². The fourth-order valence-electron chi connectivity index (χ4n) is 1.46. The molecule has 0 unspecified atom stereocenters. The molecule has 0 fully saturated rings. The number of hydrogen-bond acceptors (Lipinski definition) is 6. The molecule has 6 heteroatoms.